The number of rotatable bonds is 5. The van der Waals surface area contributed by atoms with Crippen molar-refractivity contribution < 1.29 is 8.42 Å². The molecule has 0 aromatic heterocycles. The number of thioether (sulfide) groups is 1. The van der Waals surface area contributed by atoms with Gasteiger partial charge in [-0.25, -0.2) is 12.7 Å². The summed E-state index contributed by atoms with van der Waals surface area (Å²) in [5.41, 5.74) is 0. The van der Waals surface area contributed by atoms with Crippen LogP contribution in [-0.4, -0.2) is 54.7 Å². The third-order valence-electron chi connectivity index (χ3n) is 3.56. The van der Waals surface area contributed by atoms with Gasteiger partial charge in [-0.05, 0) is 19.3 Å². The molecule has 0 radical (unpaired) electrons. The zero-order valence-corrected chi connectivity index (χ0v) is 12.9. The number of sulfonamides is 1. The van der Waals surface area contributed by atoms with E-state index in [1.165, 1.54) is 12.8 Å². The number of hydrogen-bond donors (Lipinski definition) is 1. The minimum atomic E-state index is -3.07. The van der Waals surface area contributed by atoms with Crippen molar-refractivity contribution >= 4 is 21.8 Å². The minimum Gasteiger partial charge on any atom is -0.313 e. The molecule has 6 heteroatoms. The van der Waals surface area contributed by atoms with Crippen LogP contribution in [-0.2, 0) is 10.0 Å². The molecular formula is C12H24N2O2S2. The fourth-order valence-corrected chi connectivity index (χ4v) is 4.68. The van der Waals surface area contributed by atoms with E-state index in [1.807, 2.05) is 11.8 Å². The van der Waals surface area contributed by atoms with Gasteiger partial charge in [-0.2, -0.15) is 11.8 Å². The predicted molar refractivity (Wildman–Crippen MR) is 77.5 cm³/mol. The first kappa shape index (κ1) is 14.6. The molecule has 0 bridgehead atoms. The van der Waals surface area contributed by atoms with Crippen molar-refractivity contribution in [2.75, 3.05) is 31.1 Å². The first-order valence-electron chi connectivity index (χ1n) is 6.74. The molecule has 0 spiro atoms. The van der Waals surface area contributed by atoms with E-state index in [4.69, 9.17) is 0 Å². The maximum atomic E-state index is 12.2. The maximum Gasteiger partial charge on any atom is 0.215 e. The van der Waals surface area contributed by atoms with E-state index < -0.39 is 10.0 Å². The molecule has 2 rings (SSSR count). The second-order valence-electron chi connectivity index (χ2n) is 5.80. The summed E-state index contributed by atoms with van der Waals surface area (Å²) >= 11 is 1.88. The van der Waals surface area contributed by atoms with Crippen molar-refractivity contribution in [2.45, 2.75) is 43.9 Å². The second-order valence-corrected chi connectivity index (χ2v) is 9.69. The summed E-state index contributed by atoms with van der Waals surface area (Å²) in [5, 5.41) is 3.27. The summed E-state index contributed by atoms with van der Waals surface area (Å²) in [5.74, 6) is 1.15. The van der Waals surface area contributed by atoms with Crippen LogP contribution >= 0.6 is 11.8 Å². The quantitative estimate of drug-likeness (QED) is 0.829. The Kier molecular flexibility index (Phi) is 4.62. The minimum absolute atomic E-state index is 0.205. The lowest BCUT2D eigenvalue weighted by molar-refractivity contribution is 0.414. The molecule has 0 aromatic rings. The third kappa shape index (κ3) is 4.40. The Labute approximate surface area is 115 Å². The highest BCUT2D eigenvalue weighted by Crippen LogP contribution is 2.31. The van der Waals surface area contributed by atoms with Gasteiger partial charge in [0.1, 0.15) is 0 Å². The standard InChI is InChI=1S/C12H24N2O2S2/c1-12(2)5-7-14(8-9-17-12)18(15,16)10-6-13-11-3-4-11/h11,13H,3-10H2,1-2H3. The summed E-state index contributed by atoms with van der Waals surface area (Å²) in [4.78, 5) is 0. The molecule has 1 aliphatic heterocycles. The Bertz CT molecular complexity index is 378. The van der Waals surface area contributed by atoms with E-state index in [1.54, 1.807) is 4.31 Å². The average Bonchev–Trinajstić information content (AvgIpc) is 3.05. The summed E-state index contributed by atoms with van der Waals surface area (Å²) in [6.07, 6.45) is 3.34. The largest absolute Gasteiger partial charge is 0.313 e. The van der Waals surface area contributed by atoms with Gasteiger partial charge in [0.05, 0.1) is 5.75 Å². The molecule has 0 amide bonds. The second kappa shape index (κ2) is 5.69. The summed E-state index contributed by atoms with van der Waals surface area (Å²) in [6.45, 7) is 6.33. The molecule has 1 heterocycles. The zero-order chi connectivity index (χ0) is 13.2. The van der Waals surface area contributed by atoms with Crippen molar-refractivity contribution in [1.29, 1.82) is 0 Å². The van der Waals surface area contributed by atoms with Gasteiger partial charge in [-0.15, -0.1) is 0 Å². The van der Waals surface area contributed by atoms with Crippen molar-refractivity contribution in [3.8, 4) is 0 Å². The number of nitrogens with zero attached hydrogens (tertiary/aromatic N) is 1. The monoisotopic (exact) mass is 292 g/mol. The Morgan fingerprint density at radius 2 is 2.06 bits per heavy atom. The topological polar surface area (TPSA) is 49.4 Å². The highest BCUT2D eigenvalue weighted by molar-refractivity contribution is 8.00. The lowest BCUT2D eigenvalue weighted by Crippen LogP contribution is -2.38. The Balaban J connectivity index is 1.83. The van der Waals surface area contributed by atoms with Crippen molar-refractivity contribution in [3.63, 3.8) is 0 Å². The molecule has 106 valence electrons. The van der Waals surface area contributed by atoms with Crippen LogP contribution in [0.1, 0.15) is 33.1 Å². The van der Waals surface area contributed by atoms with Crippen LogP contribution in [0.2, 0.25) is 0 Å². The smallest absolute Gasteiger partial charge is 0.215 e. The van der Waals surface area contributed by atoms with Crippen LogP contribution in [0.3, 0.4) is 0 Å². The molecule has 0 aromatic carbocycles. The zero-order valence-electron chi connectivity index (χ0n) is 11.3. The van der Waals surface area contributed by atoms with Gasteiger partial charge in [0.15, 0.2) is 0 Å². The molecule has 1 N–H and O–H groups in total. The van der Waals surface area contributed by atoms with Gasteiger partial charge in [0, 0.05) is 36.2 Å². The van der Waals surface area contributed by atoms with Crippen molar-refractivity contribution in [1.82, 2.24) is 9.62 Å². The van der Waals surface area contributed by atoms with Crippen LogP contribution in [0.25, 0.3) is 0 Å². The van der Waals surface area contributed by atoms with Crippen LogP contribution in [0.5, 0.6) is 0 Å². The lowest BCUT2D eigenvalue weighted by atomic mass is 10.1. The van der Waals surface area contributed by atoms with E-state index in [0.717, 1.165) is 12.2 Å². The van der Waals surface area contributed by atoms with Crippen LogP contribution in [0, 0.1) is 0 Å². The fraction of sp³-hybridized carbons (Fsp3) is 1.00. The fourth-order valence-electron chi connectivity index (χ4n) is 2.09. The molecule has 4 nitrogen and oxygen atoms in total. The summed E-state index contributed by atoms with van der Waals surface area (Å²) in [6, 6.07) is 0.582. The van der Waals surface area contributed by atoms with Crippen LogP contribution in [0.4, 0.5) is 0 Å². The summed E-state index contributed by atoms with van der Waals surface area (Å²) in [7, 11) is -3.07. The molecule has 1 saturated heterocycles. The van der Waals surface area contributed by atoms with Crippen LogP contribution in [0.15, 0.2) is 0 Å². The predicted octanol–water partition coefficient (Wildman–Crippen LogP) is 1.29. The van der Waals surface area contributed by atoms with Gasteiger partial charge in [-0.3, -0.25) is 0 Å². The maximum absolute atomic E-state index is 12.2. The van der Waals surface area contributed by atoms with Gasteiger partial charge in [0.25, 0.3) is 0 Å². The molecule has 1 saturated carbocycles. The Morgan fingerprint density at radius 1 is 1.33 bits per heavy atom. The first-order chi connectivity index (χ1) is 8.39. The normalized spacial score (nSPS) is 25.9. The van der Waals surface area contributed by atoms with E-state index in [2.05, 4.69) is 19.2 Å². The number of nitrogens with one attached hydrogen (secondary N) is 1. The van der Waals surface area contributed by atoms with E-state index in [9.17, 15) is 8.42 Å². The van der Waals surface area contributed by atoms with E-state index >= 15 is 0 Å². The molecular weight excluding hydrogens is 268 g/mol. The Hall–Kier alpha value is 0.220. The van der Waals surface area contributed by atoms with E-state index in [-0.39, 0.29) is 10.5 Å². The highest BCUT2D eigenvalue weighted by Gasteiger charge is 2.30. The lowest BCUT2D eigenvalue weighted by Gasteiger charge is -2.22. The molecule has 2 aliphatic rings. The molecule has 1 aliphatic carbocycles. The number of hydrogen-bond acceptors (Lipinski definition) is 4. The molecule has 0 unspecified atom stereocenters. The highest BCUT2D eigenvalue weighted by atomic mass is 32.2. The van der Waals surface area contributed by atoms with Crippen LogP contribution < -0.4 is 5.32 Å². The van der Waals surface area contributed by atoms with Gasteiger partial charge in [0.2, 0.25) is 10.0 Å². The third-order valence-corrected chi connectivity index (χ3v) is 6.80. The Morgan fingerprint density at radius 3 is 2.72 bits per heavy atom. The van der Waals surface area contributed by atoms with Crippen molar-refractivity contribution in [2.24, 2.45) is 0 Å². The van der Waals surface area contributed by atoms with Gasteiger partial charge < -0.3 is 5.32 Å². The molecule has 18 heavy (non-hydrogen) atoms. The SMILES string of the molecule is CC1(C)CCN(S(=O)(=O)CCNC2CC2)CCS1. The average molecular weight is 292 g/mol. The van der Waals surface area contributed by atoms with Gasteiger partial charge >= 0.3 is 0 Å². The molecule has 0 atom stereocenters. The molecule has 2 fully saturated rings. The van der Waals surface area contributed by atoms with Gasteiger partial charge in [-0.1, -0.05) is 13.8 Å². The van der Waals surface area contributed by atoms with E-state index in [0.29, 0.717) is 25.7 Å². The van der Waals surface area contributed by atoms with Crippen molar-refractivity contribution in [3.05, 3.63) is 0 Å². The first-order valence-corrected chi connectivity index (χ1v) is 9.34. The summed E-state index contributed by atoms with van der Waals surface area (Å²) < 4.78 is 26.3.